The van der Waals surface area contributed by atoms with Crippen LogP contribution in [0.25, 0.3) is 21.8 Å². The number of carbonyl (C=O) groups is 1. The Morgan fingerprint density at radius 1 is 0.967 bits per heavy atom. The molecule has 0 saturated heterocycles. The zero-order chi connectivity index (χ0) is 21.4. The van der Waals surface area contributed by atoms with Crippen molar-refractivity contribution in [3.63, 3.8) is 0 Å². The van der Waals surface area contributed by atoms with E-state index in [4.69, 9.17) is 9.47 Å². The molecule has 0 aliphatic heterocycles. The summed E-state index contributed by atoms with van der Waals surface area (Å²) in [6.07, 6.45) is 0. The Balaban J connectivity index is 1.73. The fourth-order valence-electron chi connectivity index (χ4n) is 3.85. The monoisotopic (exact) mass is 405 g/mol. The molecule has 0 unspecified atom stereocenters. The first-order valence-corrected chi connectivity index (χ1v) is 9.52. The van der Waals surface area contributed by atoms with Crippen LogP contribution >= 0.6 is 0 Å². The summed E-state index contributed by atoms with van der Waals surface area (Å²) in [6, 6.07) is 14.8. The lowest BCUT2D eigenvalue weighted by Gasteiger charge is -2.12. The van der Waals surface area contributed by atoms with E-state index in [1.807, 2.05) is 30.3 Å². The lowest BCUT2D eigenvalue weighted by molar-refractivity contribution is 0.0943. The van der Waals surface area contributed by atoms with E-state index < -0.39 is 0 Å². The normalized spacial score (nSPS) is 11.1. The van der Waals surface area contributed by atoms with Crippen molar-refractivity contribution >= 4 is 27.7 Å². The third kappa shape index (κ3) is 3.08. The highest BCUT2D eigenvalue weighted by molar-refractivity contribution is 6.08. The van der Waals surface area contributed by atoms with Crippen LogP contribution in [0.3, 0.4) is 0 Å². The molecule has 2 aromatic heterocycles. The first kappa shape index (κ1) is 19.6. The van der Waals surface area contributed by atoms with Gasteiger partial charge in [-0.2, -0.15) is 0 Å². The summed E-state index contributed by atoms with van der Waals surface area (Å²) in [6.45, 7) is 0.263. The van der Waals surface area contributed by atoms with E-state index in [-0.39, 0.29) is 18.0 Å². The average Bonchev–Trinajstić information content (AvgIpc) is 3.13. The molecule has 0 spiro atoms. The molecule has 7 nitrogen and oxygen atoms in total. The molecule has 4 rings (SSSR count). The van der Waals surface area contributed by atoms with Crippen molar-refractivity contribution in [2.45, 2.75) is 6.54 Å². The number of hydrogen-bond acceptors (Lipinski definition) is 4. The maximum absolute atomic E-state index is 13.0. The molecule has 0 bridgehead atoms. The third-order valence-electron chi connectivity index (χ3n) is 5.45. The Morgan fingerprint density at radius 2 is 1.73 bits per heavy atom. The van der Waals surface area contributed by atoms with Crippen molar-refractivity contribution in [1.82, 2.24) is 14.5 Å². The Hall–Kier alpha value is -3.74. The number of ether oxygens (including phenoxy) is 2. The number of methoxy groups -OCH3 is 2. The van der Waals surface area contributed by atoms with E-state index in [0.29, 0.717) is 22.6 Å². The van der Waals surface area contributed by atoms with Crippen LogP contribution in [0, 0.1) is 0 Å². The van der Waals surface area contributed by atoms with Crippen LogP contribution in [-0.2, 0) is 20.6 Å². The third-order valence-corrected chi connectivity index (χ3v) is 5.45. The minimum atomic E-state index is -0.273. The molecule has 0 radical (unpaired) electrons. The summed E-state index contributed by atoms with van der Waals surface area (Å²) >= 11 is 0. The van der Waals surface area contributed by atoms with Crippen LogP contribution < -0.4 is 20.3 Å². The lowest BCUT2D eigenvalue weighted by Crippen LogP contribution is -2.25. The maximum Gasteiger partial charge on any atom is 0.268 e. The molecule has 0 fully saturated rings. The number of fused-ring (bicyclic) bond motifs is 3. The van der Waals surface area contributed by atoms with Gasteiger partial charge in [-0.15, -0.1) is 0 Å². The molecular formula is C23H23N3O4. The summed E-state index contributed by atoms with van der Waals surface area (Å²) in [5.74, 6) is 1.07. The van der Waals surface area contributed by atoms with Gasteiger partial charge >= 0.3 is 0 Å². The molecule has 2 heterocycles. The molecule has 0 aliphatic carbocycles. The Bertz CT molecular complexity index is 1330. The molecular weight excluding hydrogens is 382 g/mol. The largest absolute Gasteiger partial charge is 0.497 e. The fraction of sp³-hybridized carbons (Fsp3) is 0.217. The molecule has 0 aliphatic rings. The Labute approximate surface area is 173 Å². The van der Waals surface area contributed by atoms with E-state index in [2.05, 4.69) is 5.32 Å². The Morgan fingerprint density at radius 3 is 2.47 bits per heavy atom. The number of rotatable bonds is 5. The van der Waals surface area contributed by atoms with Gasteiger partial charge in [-0.1, -0.05) is 18.2 Å². The van der Waals surface area contributed by atoms with Gasteiger partial charge in [-0.3, -0.25) is 9.59 Å². The first-order valence-electron chi connectivity index (χ1n) is 9.52. The van der Waals surface area contributed by atoms with Crippen molar-refractivity contribution < 1.29 is 14.3 Å². The van der Waals surface area contributed by atoms with E-state index in [9.17, 15) is 9.59 Å². The van der Waals surface area contributed by atoms with Crippen molar-refractivity contribution in [2.24, 2.45) is 14.1 Å². The lowest BCUT2D eigenvalue weighted by atomic mass is 10.1. The quantitative estimate of drug-likeness (QED) is 0.554. The van der Waals surface area contributed by atoms with Gasteiger partial charge in [0.05, 0.1) is 30.6 Å². The van der Waals surface area contributed by atoms with Crippen LogP contribution in [0.2, 0.25) is 0 Å². The molecule has 7 heteroatoms. The minimum absolute atomic E-state index is 0.132. The number of nitrogens with zero attached hydrogens (tertiary/aromatic N) is 2. The molecule has 1 N–H and O–H groups in total. The molecule has 2 aromatic carbocycles. The van der Waals surface area contributed by atoms with Gasteiger partial charge in [-0.05, 0) is 30.3 Å². The second-order valence-electron chi connectivity index (χ2n) is 7.09. The van der Waals surface area contributed by atoms with Gasteiger partial charge in [0.25, 0.3) is 11.5 Å². The predicted molar refractivity (Wildman–Crippen MR) is 116 cm³/mol. The number of aromatic nitrogens is 2. The zero-order valence-corrected chi connectivity index (χ0v) is 17.4. The number of para-hydroxylation sites is 1. The first-order chi connectivity index (χ1) is 14.5. The van der Waals surface area contributed by atoms with Gasteiger partial charge in [0, 0.05) is 31.6 Å². The maximum atomic E-state index is 13.0. The smallest absolute Gasteiger partial charge is 0.268 e. The van der Waals surface area contributed by atoms with E-state index >= 15 is 0 Å². The van der Waals surface area contributed by atoms with E-state index in [1.165, 1.54) is 0 Å². The molecule has 30 heavy (non-hydrogen) atoms. The summed E-state index contributed by atoms with van der Waals surface area (Å²) in [5, 5.41) is 4.36. The van der Waals surface area contributed by atoms with Gasteiger partial charge in [0.15, 0.2) is 0 Å². The Kier molecular flexibility index (Phi) is 4.95. The van der Waals surface area contributed by atoms with Crippen LogP contribution in [-0.4, -0.2) is 29.3 Å². The number of carbonyl (C=O) groups excluding carboxylic acids is 1. The standard InChI is InChI=1S/C23H23N3O4/c1-25-19(22(27)24-13-14-11-15(29-3)9-10-20(14)30-4)12-17-21(25)16-7-5-6-8-18(16)26(2)23(17)28/h5-12H,13H2,1-4H3,(H,24,27). The summed E-state index contributed by atoms with van der Waals surface area (Å²) in [5.41, 5.74) is 2.65. The molecule has 4 aromatic rings. The van der Waals surface area contributed by atoms with Crippen molar-refractivity contribution in [1.29, 1.82) is 0 Å². The minimum Gasteiger partial charge on any atom is -0.497 e. The number of aryl methyl sites for hydroxylation is 2. The number of amides is 1. The number of nitrogens with one attached hydrogen (secondary N) is 1. The van der Waals surface area contributed by atoms with Gasteiger partial charge in [0.1, 0.15) is 17.2 Å². The number of hydrogen-bond donors (Lipinski definition) is 1. The van der Waals surface area contributed by atoms with Crippen LogP contribution in [0.15, 0.2) is 53.3 Å². The fourth-order valence-corrected chi connectivity index (χ4v) is 3.85. The highest BCUT2D eigenvalue weighted by atomic mass is 16.5. The van der Waals surface area contributed by atoms with Crippen molar-refractivity contribution in [3.05, 3.63) is 70.1 Å². The summed E-state index contributed by atoms with van der Waals surface area (Å²) in [7, 11) is 6.71. The van der Waals surface area contributed by atoms with Gasteiger partial charge in [-0.25, -0.2) is 0 Å². The molecule has 0 atom stereocenters. The SMILES string of the molecule is COc1ccc(OC)c(CNC(=O)c2cc3c(=O)n(C)c4ccccc4c3n2C)c1. The second kappa shape index (κ2) is 7.59. The van der Waals surface area contributed by atoms with Gasteiger partial charge in [0.2, 0.25) is 0 Å². The van der Waals surface area contributed by atoms with Crippen LogP contribution in [0.4, 0.5) is 0 Å². The van der Waals surface area contributed by atoms with E-state index in [1.54, 1.807) is 55.6 Å². The van der Waals surface area contributed by atoms with Crippen molar-refractivity contribution in [3.8, 4) is 11.5 Å². The summed E-state index contributed by atoms with van der Waals surface area (Å²) in [4.78, 5) is 25.8. The highest BCUT2D eigenvalue weighted by Gasteiger charge is 2.19. The summed E-state index contributed by atoms with van der Waals surface area (Å²) < 4.78 is 14.0. The van der Waals surface area contributed by atoms with Crippen molar-refractivity contribution in [2.75, 3.05) is 14.2 Å². The zero-order valence-electron chi connectivity index (χ0n) is 17.4. The second-order valence-corrected chi connectivity index (χ2v) is 7.09. The van der Waals surface area contributed by atoms with Crippen LogP contribution in [0.1, 0.15) is 16.1 Å². The average molecular weight is 405 g/mol. The number of benzene rings is 2. The number of pyridine rings is 1. The predicted octanol–water partition coefficient (Wildman–Crippen LogP) is 2.98. The molecule has 0 saturated carbocycles. The highest BCUT2D eigenvalue weighted by Crippen LogP contribution is 2.26. The van der Waals surface area contributed by atoms with E-state index in [0.717, 1.165) is 22.0 Å². The molecule has 1 amide bonds. The topological polar surface area (TPSA) is 74.5 Å². The molecule has 154 valence electrons. The van der Waals surface area contributed by atoms with Crippen LogP contribution in [0.5, 0.6) is 11.5 Å². The van der Waals surface area contributed by atoms with Gasteiger partial charge < -0.3 is 23.9 Å².